The van der Waals surface area contributed by atoms with Gasteiger partial charge in [-0.2, -0.15) is 10.2 Å². The molecule has 7 nitrogen and oxygen atoms in total. The predicted octanol–water partition coefficient (Wildman–Crippen LogP) is 0.274. The molecule has 0 bridgehead atoms. The summed E-state index contributed by atoms with van der Waals surface area (Å²) in [6.45, 7) is 0. The summed E-state index contributed by atoms with van der Waals surface area (Å²) < 4.78 is 0. The summed E-state index contributed by atoms with van der Waals surface area (Å²) in [5.41, 5.74) is 3.03. The van der Waals surface area contributed by atoms with Gasteiger partial charge in [0.15, 0.2) is 0 Å². The fraction of sp³-hybridized carbons (Fsp3) is 0. The van der Waals surface area contributed by atoms with E-state index in [2.05, 4.69) is 25.7 Å². The smallest absolute Gasteiger partial charge is 0.308 e. The number of phenolic OH excluding ortho intramolecular Hbond substituents is 1. The highest BCUT2D eigenvalue weighted by atomic mass is 16.3. The number of benzene rings is 1. The molecule has 1 aromatic heterocycles. The van der Waals surface area contributed by atoms with Crippen LogP contribution < -0.4 is 5.43 Å². The summed E-state index contributed by atoms with van der Waals surface area (Å²) in [4.78, 5) is 15.0. The summed E-state index contributed by atoms with van der Waals surface area (Å²) in [5.74, 6) is -0.210. The van der Waals surface area contributed by atoms with Gasteiger partial charge in [-0.3, -0.25) is 9.89 Å². The van der Waals surface area contributed by atoms with E-state index in [1.165, 1.54) is 24.7 Å². The fourth-order valence-corrected chi connectivity index (χ4v) is 1.09. The first-order chi connectivity index (χ1) is 8.25. The lowest BCUT2D eigenvalue weighted by Crippen LogP contribution is -2.19. The van der Waals surface area contributed by atoms with E-state index in [0.29, 0.717) is 0 Å². The molecular formula is C10H9N5O2. The highest BCUT2D eigenvalue weighted by molar-refractivity contribution is 5.91. The molecule has 0 radical (unpaired) electrons. The number of aromatic nitrogens is 3. The van der Waals surface area contributed by atoms with Crippen molar-refractivity contribution in [3.8, 4) is 5.75 Å². The molecule has 1 amide bonds. The van der Waals surface area contributed by atoms with Gasteiger partial charge >= 0.3 is 5.91 Å². The number of H-pyrrole nitrogens is 1. The van der Waals surface area contributed by atoms with E-state index < -0.39 is 5.91 Å². The summed E-state index contributed by atoms with van der Waals surface area (Å²) >= 11 is 0. The van der Waals surface area contributed by atoms with Gasteiger partial charge < -0.3 is 5.11 Å². The maximum atomic E-state index is 11.4. The van der Waals surface area contributed by atoms with Crippen molar-refractivity contribution in [1.82, 2.24) is 20.6 Å². The van der Waals surface area contributed by atoms with Crippen molar-refractivity contribution in [2.75, 3.05) is 0 Å². The minimum absolute atomic E-state index is 0.0906. The van der Waals surface area contributed by atoms with E-state index in [1.807, 2.05) is 0 Å². The number of amides is 1. The Bertz CT molecular complexity index is 518. The molecule has 2 rings (SSSR count). The lowest BCUT2D eigenvalue weighted by Gasteiger charge is -1.95. The third kappa shape index (κ3) is 2.88. The number of aromatic hydroxyl groups is 1. The topological polar surface area (TPSA) is 103 Å². The normalized spacial score (nSPS) is 10.6. The standard InChI is InChI=1S/C10H9N5O2/c16-8-3-1-7(2-4-8)5-12-15-10(17)9-11-6-13-14-9/h1-6,16H,(H,15,17)(H,11,13,14). The van der Waals surface area contributed by atoms with Crippen LogP contribution in [0.15, 0.2) is 35.7 Å². The number of carbonyl (C=O) groups is 1. The van der Waals surface area contributed by atoms with Crippen molar-refractivity contribution in [3.05, 3.63) is 42.0 Å². The zero-order chi connectivity index (χ0) is 12.1. The molecule has 0 aliphatic heterocycles. The molecule has 0 atom stereocenters. The summed E-state index contributed by atoms with van der Waals surface area (Å²) in [6.07, 6.45) is 2.69. The SMILES string of the molecule is O=C(NN=Cc1ccc(O)cc1)c1ncn[nH]1. The predicted molar refractivity (Wildman–Crippen MR) is 59.5 cm³/mol. The average Bonchev–Trinajstić information content (AvgIpc) is 2.85. The number of phenols is 1. The Morgan fingerprint density at radius 1 is 1.41 bits per heavy atom. The molecule has 0 aliphatic rings. The fourth-order valence-electron chi connectivity index (χ4n) is 1.09. The summed E-state index contributed by atoms with van der Waals surface area (Å²) in [5, 5.41) is 18.8. The summed E-state index contributed by atoms with van der Waals surface area (Å²) in [7, 11) is 0. The zero-order valence-electron chi connectivity index (χ0n) is 8.66. The molecule has 0 aliphatic carbocycles. The van der Waals surface area contributed by atoms with Gasteiger partial charge in [-0.15, -0.1) is 0 Å². The first-order valence-corrected chi connectivity index (χ1v) is 4.73. The molecule has 0 unspecified atom stereocenters. The van der Waals surface area contributed by atoms with Crippen LogP contribution in [-0.2, 0) is 0 Å². The van der Waals surface area contributed by atoms with Crippen LogP contribution in [0.4, 0.5) is 0 Å². The van der Waals surface area contributed by atoms with E-state index in [9.17, 15) is 4.79 Å². The number of hydrogen-bond acceptors (Lipinski definition) is 5. The Morgan fingerprint density at radius 2 is 2.18 bits per heavy atom. The van der Waals surface area contributed by atoms with Crippen LogP contribution in [0.1, 0.15) is 16.2 Å². The van der Waals surface area contributed by atoms with E-state index in [4.69, 9.17) is 5.11 Å². The molecule has 17 heavy (non-hydrogen) atoms. The molecule has 1 heterocycles. The zero-order valence-corrected chi connectivity index (χ0v) is 8.66. The number of hydrogen-bond donors (Lipinski definition) is 3. The van der Waals surface area contributed by atoms with Crippen molar-refractivity contribution in [1.29, 1.82) is 0 Å². The maximum Gasteiger partial charge on any atom is 0.308 e. The molecule has 0 saturated heterocycles. The first kappa shape index (κ1) is 10.8. The number of rotatable bonds is 3. The van der Waals surface area contributed by atoms with Gasteiger partial charge in [-0.1, -0.05) is 0 Å². The van der Waals surface area contributed by atoms with Crippen molar-refractivity contribution in [3.63, 3.8) is 0 Å². The van der Waals surface area contributed by atoms with E-state index in [0.717, 1.165) is 5.56 Å². The molecule has 0 saturated carbocycles. The van der Waals surface area contributed by atoms with Gasteiger partial charge in [0, 0.05) is 0 Å². The van der Waals surface area contributed by atoms with Crippen LogP contribution in [0.25, 0.3) is 0 Å². The van der Waals surface area contributed by atoms with Crippen LogP contribution in [0, 0.1) is 0 Å². The molecule has 3 N–H and O–H groups in total. The second kappa shape index (κ2) is 4.88. The quantitative estimate of drug-likeness (QED) is 0.521. The van der Waals surface area contributed by atoms with Crippen molar-refractivity contribution >= 4 is 12.1 Å². The van der Waals surface area contributed by atoms with E-state index in [-0.39, 0.29) is 11.6 Å². The Hall–Kier alpha value is -2.70. The first-order valence-electron chi connectivity index (χ1n) is 4.73. The second-order valence-electron chi connectivity index (χ2n) is 3.12. The summed E-state index contributed by atoms with van der Waals surface area (Å²) in [6, 6.07) is 6.39. The van der Waals surface area contributed by atoms with Gasteiger partial charge in [0.1, 0.15) is 12.1 Å². The third-order valence-electron chi connectivity index (χ3n) is 1.90. The lowest BCUT2D eigenvalue weighted by molar-refractivity contribution is 0.0945. The van der Waals surface area contributed by atoms with Gasteiger partial charge in [-0.05, 0) is 29.8 Å². The minimum atomic E-state index is -0.475. The number of nitrogens with zero attached hydrogens (tertiary/aromatic N) is 3. The van der Waals surface area contributed by atoms with Crippen LogP contribution in [-0.4, -0.2) is 32.4 Å². The molecule has 7 heteroatoms. The van der Waals surface area contributed by atoms with Crippen LogP contribution >= 0.6 is 0 Å². The Balaban J connectivity index is 1.94. The highest BCUT2D eigenvalue weighted by Gasteiger charge is 2.05. The molecule has 86 valence electrons. The van der Waals surface area contributed by atoms with E-state index in [1.54, 1.807) is 12.1 Å². The van der Waals surface area contributed by atoms with Crippen molar-refractivity contribution < 1.29 is 9.90 Å². The molecule has 1 aromatic carbocycles. The van der Waals surface area contributed by atoms with Crippen LogP contribution in [0.2, 0.25) is 0 Å². The molecular weight excluding hydrogens is 222 g/mol. The number of nitrogens with one attached hydrogen (secondary N) is 2. The monoisotopic (exact) mass is 231 g/mol. The highest BCUT2D eigenvalue weighted by Crippen LogP contribution is 2.07. The Labute approximate surface area is 96.2 Å². The largest absolute Gasteiger partial charge is 0.508 e. The second-order valence-corrected chi connectivity index (χ2v) is 3.12. The minimum Gasteiger partial charge on any atom is -0.508 e. The molecule has 0 spiro atoms. The Morgan fingerprint density at radius 3 is 2.82 bits per heavy atom. The van der Waals surface area contributed by atoms with Gasteiger partial charge in [-0.25, -0.2) is 10.4 Å². The van der Waals surface area contributed by atoms with Crippen LogP contribution in [0.3, 0.4) is 0 Å². The van der Waals surface area contributed by atoms with Gasteiger partial charge in [0.2, 0.25) is 5.82 Å². The number of carbonyl (C=O) groups excluding carboxylic acids is 1. The van der Waals surface area contributed by atoms with Crippen molar-refractivity contribution in [2.24, 2.45) is 5.10 Å². The van der Waals surface area contributed by atoms with Crippen molar-refractivity contribution in [2.45, 2.75) is 0 Å². The van der Waals surface area contributed by atoms with Crippen LogP contribution in [0.5, 0.6) is 5.75 Å². The third-order valence-corrected chi connectivity index (χ3v) is 1.90. The number of aromatic amines is 1. The average molecular weight is 231 g/mol. The van der Waals surface area contributed by atoms with Gasteiger partial charge in [0.25, 0.3) is 0 Å². The Kier molecular flexibility index (Phi) is 3.10. The molecule has 0 fully saturated rings. The molecule has 2 aromatic rings. The number of hydrazone groups is 1. The van der Waals surface area contributed by atoms with E-state index >= 15 is 0 Å². The van der Waals surface area contributed by atoms with Gasteiger partial charge in [0.05, 0.1) is 6.21 Å². The maximum absolute atomic E-state index is 11.4. The lowest BCUT2D eigenvalue weighted by atomic mass is 10.2.